The predicted octanol–water partition coefficient (Wildman–Crippen LogP) is 1.58. The first-order valence-corrected chi connectivity index (χ1v) is 6.45. The van der Waals surface area contributed by atoms with Crippen LogP contribution in [-0.2, 0) is 0 Å². The second-order valence-electron chi connectivity index (χ2n) is 3.14. The zero-order chi connectivity index (χ0) is 12.7. The highest BCUT2D eigenvalue weighted by Gasteiger charge is 2.13. The minimum Gasteiger partial charge on any atom is -0.481 e. The third-order valence-corrected chi connectivity index (χ3v) is 3.31. The van der Waals surface area contributed by atoms with E-state index in [2.05, 4.69) is 9.97 Å². The van der Waals surface area contributed by atoms with Gasteiger partial charge >= 0.3 is 0 Å². The minimum atomic E-state index is -0.0238. The van der Waals surface area contributed by atoms with Crippen LogP contribution in [0.5, 0.6) is 11.8 Å². The lowest BCUT2D eigenvalue weighted by Crippen LogP contribution is -2.10. The maximum absolute atomic E-state index is 9.17. The predicted molar refractivity (Wildman–Crippen MR) is 67.2 cm³/mol. The third kappa shape index (κ3) is 4.57. The molecule has 0 fully saturated rings. The third-order valence-electron chi connectivity index (χ3n) is 1.98. The van der Waals surface area contributed by atoms with Crippen molar-refractivity contribution in [3.05, 3.63) is 6.07 Å². The number of alkyl halides is 1. The van der Waals surface area contributed by atoms with E-state index >= 15 is 0 Å². The van der Waals surface area contributed by atoms with Crippen LogP contribution in [0.4, 0.5) is 0 Å². The number of rotatable bonds is 7. The molecule has 0 spiro atoms. The molecule has 1 rings (SSSR count). The highest BCUT2D eigenvalue weighted by atomic mass is 35.5. The van der Waals surface area contributed by atoms with Crippen molar-refractivity contribution in [1.29, 1.82) is 0 Å². The summed E-state index contributed by atoms with van der Waals surface area (Å²) < 4.78 is 10.1. The summed E-state index contributed by atoms with van der Waals surface area (Å²) in [5, 5.41) is 9.66. The van der Waals surface area contributed by atoms with Gasteiger partial charge in [0, 0.05) is 11.1 Å². The summed E-state index contributed by atoms with van der Waals surface area (Å²) in [6.07, 6.45) is 0.686. The van der Waals surface area contributed by atoms with Crippen LogP contribution in [0, 0.1) is 0 Å². The number of hydrogen-bond donors (Lipinski definition) is 1. The summed E-state index contributed by atoms with van der Waals surface area (Å²) in [5.74, 6) is 1.35. The van der Waals surface area contributed by atoms with Crippen molar-refractivity contribution in [2.45, 2.75) is 16.8 Å². The number of thioether (sulfide) groups is 1. The van der Waals surface area contributed by atoms with E-state index in [4.69, 9.17) is 21.1 Å². The Morgan fingerprint density at radius 2 is 1.94 bits per heavy atom. The van der Waals surface area contributed by atoms with Crippen molar-refractivity contribution in [3.63, 3.8) is 0 Å². The first kappa shape index (κ1) is 14.3. The summed E-state index contributed by atoms with van der Waals surface area (Å²) >= 11 is 7.00. The Kier molecular flexibility index (Phi) is 6.39. The van der Waals surface area contributed by atoms with E-state index in [0.717, 1.165) is 0 Å². The molecule has 1 atom stereocenters. The fourth-order valence-corrected chi connectivity index (χ4v) is 2.39. The smallest absolute Gasteiger partial charge is 0.220 e. The Labute approximate surface area is 110 Å². The van der Waals surface area contributed by atoms with E-state index < -0.39 is 0 Å². The van der Waals surface area contributed by atoms with E-state index in [1.807, 2.05) is 0 Å². The van der Waals surface area contributed by atoms with E-state index in [0.29, 0.717) is 29.2 Å². The highest BCUT2D eigenvalue weighted by molar-refractivity contribution is 7.99. The minimum absolute atomic E-state index is 0.0238. The number of ether oxygens (including phenoxy) is 2. The topological polar surface area (TPSA) is 64.5 Å². The van der Waals surface area contributed by atoms with Gasteiger partial charge in [-0.15, -0.1) is 11.6 Å². The number of methoxy groups -OCH3 is 2. The van der Waals surface area contributed by atoms with Crippen LogP contribution >= 0.6 is 23.4 Å². The molecule has 1 N–H and O–H groups in total. The summed E-state index contributed by atoms with van der Waals surface area (Å²) in [5.41, 5.74) is 0. The Bertz CT molecular complexity index is 332. The van der Waals surface area contributed by atoms with Gasteiger partial charge in [0.2, 0.25) is 11.8 Å². The van der Waals surface area contributed by atoms with Gasteiger partial charge in [0.1, 0.15) is 0 Å². The van der Waals surface area contributed by atoms with Crippen LogP contribution in [-0.4, -0.2) is 47.0 Å². The monoisotopic (exact) mass is 278 g/mol. The average molecular weight is 279 g/mol. The standard InChI is InChI=1S/C10H15ClN2O3S/c1-15-8-5-9(16-2)13-10(12-8)17-7(6-14)3-4-11/h5,7,14H,3-4,6H2,1-2H3. The number of hydrogen-bond acceptors (Lipinski definition) is 6. The molecular weight excluding hydrogens is 264 g/mol. The van der Waals surface area contributed by atoms with Crippen molar-refractivity contribution in [3.8, 4) is 11.8 Å². The Balaban J connectivity index is 2.81. The lowest BCUT2D eigenvalue weighted by molar-refractivity contribution is 0.292. The molecule has 1 aromatic heterocycles. The van der Waals surface area contributed by atoms with Gasteiger partial charge in [0.15, 0.2) is 5.16 Å². The van der Waals surface area contributed by atoms with Gasteiger partial charge in [-0.25, -0.2) is 0 Å². The van der Waals surface area contributed by atoms with Crippen LogP contribution in [0.3, 0.4) is 0 Å². The van der Waals surface area contributed by atoms with E-state index in [1.54, 1.807) is 6.07 Å². The molecule has 0 radical (unpaired) electrons. The van der Waals surface area contributed by atoms with Crippen molar-refractivity contribution in [2.24, 2.45) is 0 Å². The molecule has 0 aliphatic carbocycles. The molecule has 17 heavy (non-hydrogen) atoms. The van der Waals surface area contributed by atoms with Crippen molar-refractivity contribution >= 4 is 23.4 Å². The summed E-state index contributed by atoms with van der Waals surface area (Å²) in [7, 11) is 3.05. The number of halogens is 1. The van der Waals surface area contributed by atoms with Crippen LogP contribution in [0.25, 0.3) is 0 Å². The SMILES string of the molecule is COc1cc(OC)nc(SC(CO)CCCl)n1. The molecule has 96 valence electrons. The Morgan fingerprint density at radius 1 is 1.35 bits per heavy atom. The highest BCUT2D eigenvalue weighted by Crippen LogP contribution is 2.26. The summed E-state index contributed by atoms with van der Waals surface area (Å²) in [6.45, 7) is 0.0280. The summed E-state index contributed by atoms with van der Waals surface area (Å²) in [6, 6.07) is 1.60. The van der Waals surface area contributed by atoms with Gasteiger partial charge in [0.25, 0.3) is 0 Å². The van der Waals surface area contributed by atoms with Gasteiger partial charge in [-0.1, -0.05) is 11.8 Å². The molecule has 0 aliphatic rings. The Hall–Kier alpha value is -0.720. The quantitative estimate of drug-likeness (QED) is 0.464. The zero-order valence-electron chi connectivity index (χ0n) is 9.72. The van der Waals surface area contributed by atoms with E-state index in [1.165, 1.54) is 26.0 Å². The molecule has 1 aromatic rings. The number of aromatic nitrogens is 2. The normalized spacial score (nSPS) is 12.2. The molecule has 7 heteroatoms. The van der Waals surface area contributed by atoms with Crippen LogP contribution in [0.1, 0.15) is 6.42 Å². The second kappa shape index (κ2) is 7.58. The largest absolute Gasteiger partial charge is 0.481 e. The fraction of sp³-hybridized carbons (Fsp3) is 0.600. The number of nitrogens with zero attached hydrogens (tertiary/aromatic N) is 2. The van der Waals surface area contributed by atoms with Crippen molar-refractivity contribution in [2.75, 3.05) is 26.7 Å². The molecule has 1 unspecified atom stereocenters. The van der Waals surface area contributed by atoms with Gasteiger partial charge in [-0.3, -0.25) is 0 Å². The van der Waals surface area contributed by atoms with E-state index in [-0.39, 0.29) is 11.9 Å². The molecule has 0 aliphatic heterocycles. The molecule has 0 saturated heterocycles. The maximum Gasteiger partial charge on any atom is 0.220 e. The van der Waals surface area contributed by atoms with Gasteiger partial charge in [-0.2, -0.15) is 9.97 Å². The fourth-order valence-electron chi connectivity index (χ4n) is 1.10. The van der Waals surface area contributed by atoms with Crippen molar-refractivity contribution in [1.82, 2.24) is 9.97 Å². The molecule has 0 bridgehead atoms. The lowest BCUT2D eigenvalue weighted by Gasteiger charge is -2.11. The maximum atomic E-state index is 9.17. The molecule has 1 heterocycles. The average Bonchev–Trinajstić information content (AvgIpc) is 2.37. The van der Waals surface area contributed by atoms with Crippen LogP contribution in [0.15, 0.2) is 11.2 Å². The van der Waals surface area contributed by atoms with Crippen LogP contribution < -0.4 is 9.47 Å². The second-order valence-corrected chi connectivity index (χ2v) is 4.78. The number of aliphatic hydroxyl groups excluding tert-OH is 1. The lowest BCUT2D eigenvalue weighted by atomic mass is 10.3. The Morgan fingerprint density at radius 3 is 2.35 bits per heavy atom. The molecule has 5 nitrogen and oxygen atoms in total. The van der Waals surface area contributed by atoms with Crippen molar-refractivity contribution < 1.29 is 14.6 Å². The first-order valence-electron chi connectivity index (χ1n) is 5.04. The molecule has 0 amide bonds. The van der Waals surface area contributed by atoms with E-state index in [9.17, 15) is 5.11 Å². The molecule has 0 saturated carbocycles. The van der Waals surface area contributed by atoms with Gasteiger partial charge in [-0.05, 0) is 6.42 Å². The van der Waals surface area contributed by atoms with Crippen LogP contribution in [0.2, 0.25) is 0 Å². The van der Waals surface area contributed by atoms with Gasteiger partial charge < -0.3 is 14.6 Å². The summed E-state index contributed by atoms with van der Waals surface area (Å²) in [4.78, 5) is 8.33. The van der Waals surface area contributed by atoms with Gasteiger partial charge in [0.05, 0.1) is 26.9 Å². The molecular formula is C10H15ClN2O3S. The zero-order valence-corrected chi connectivity index (χ0v) is 11.3. The number of aliphatic hydroxyl groups is 1. The molecule has 0 aromatic carbocycles. The first-order chi connectivity index (χ1) is 8.23.